The fourth-order valence-electron chi connectivity index (χ4n) is 2.97. The smallest absolute Gasteiger partial charge is 0.264 e. The van der Waals surface area contributed by atoms with Crippen LogP contribution in [0.25, 0.3) is 5.65 Å². The molecule has 0 saturated carbocycles. The van der Waals surface area contributed by atoms with Gasteiger partial charge >= 0.3 is 0 Å². The summed E-state index contributed by atoms with van der Waals surface area (Å²) in [6.45, 7) is 6.80. The van der Waals surface area contributed by atoms with E-state index in [1.54, 1.807) is 23.7 Å². The molecular formula is C16H18N6OS. The highest BCUT2D eigenvalue weighted by Gasteiger charge is 2.24. The van der Waals surface area contributed by atoms with E-state index < -0.39 is 0 Å². The molecule has 124 valence electrons. The molecule has 0 bridgehead atoms. The van der Waals surface area contributed by atoms with E-state index in [-0.39, 0.29) is 5.91 Å². The van der Waals surface area contributed by atoms with Crippen LogP contribution in [0.4, 0.5) is 5.82 Å². The van der Waals surface area contributed by atoms with Gasteiger partial charge in [0.25, 0.3) is 5.91 Å². The first-order chi connectivity index (χ1) is 11.6. The van der Waals surface area contributed by atoms with Gasteiger partial charge in [0.1, 0.15) is 5.82 Å². The molecule has 0 unspecified atom stereocenters. The van der Waals surface area contributed by atoms with Crippen LogP contribution in [-0.2, 0) is 0 Å². The van der Waals surface area contributed by atoms with Gasteiger partial charge in [0.15, 0.2) is 11.5 Å². The Labute approximate surface area is 143 Å². The van der Waals surface area contributed by atoms with Crippen molar-refractivity contribution >= 4 is 28.7 Å². The van der Waals surface area contributed by atoms with Crippen molar-refractivity contribution in [2.45, 2.75) is 13.8 Å². The number of rotatable bonds is 2. The van der Waals surface area contributed by atoms with Crippen LogP contribution in [0.15, 0.2) is 24.5 Å². The molecular weight excluding hydrogens is 324 g/mol. The van der Waals surface area contributed by atoms with Crippen molar-refractivity contribution in [3.63, 3.8) is 0 Å². The second-order valence-electron chi connectivity index (χ2n) is 5.88. The first-order valence-electron chi connectivity index (χ1n) is 7.90. The van der Waals surface area contributed by atoms with E-state index in [1.807, 2.05) is 35.4 Å². The summed E-state index contributed by atoms with van der Waals surface area (Å²) in [7, 11) is 0. The van der Waals surface area contributed by atoms with Crippen molar-refractivity contribution in [2.24, 2.45) is 0 Å². The molecule has 0 atom stereocenters. The highest BCUT2D eigenvalue weighted by molar-refractivity contribution is 7.13. The minimum atomic E-state index is 0.126. The molecule has 24 heavy (non-hydrogen) atoms. The molecule has 3 aromatic rings. The fourth-order valence-corrected chi connectivity index (χ4v) is 3.80. The normalized spacial score (nSPS) is 15.2. The third kappa shape index (κ3) is 2.62. The van der Waals surface area contributed by atoms with Gasteiger partial charge in [-0.2, -0.15) is 4.52 Å². The molecule has 1 aliphatic heterocycles. The summed E-state index contributed by atoms with van der Waals surface area (Å²) in [4.78, 5) is 27.3. The molecule has 0 aromatic carbocycles. The van der Waals surface area contributed by atoms with Gasteiger partial charge in [0.05, 0.1) is 17.3 Å². The quantitative estimate of drug-likeness (QED) is 0.710. The Morgan fingerprint density at radius 1 is 1.12 bits per heavy atom. The maximum Gasteiger partial charge on any atom is 0.264 e. The van der Waals surface area contributed by atoms with Crippen LogP contribution in [-0.4, -0.2) is 56.6 Å². The number of hydrogen-bond donors (Lipinski definition) is 0. The Morgan fingerprint density at radius 3 is 2.62 bits per heavy atom. The monoisotopic (exact) mass is 342 g/mol. The van der Waals surface area contributed by atoms with Crippen molar-refractivity contribution in [2.75, 3.05) is 31.1 Å². The van der Waals surface area contributed by atoms with E-state index >= 15 is 0 Å². The molecule has 1 amide bonds. The molecule has 8 heteroatoms. The number of carbonyl (C=O) groups excluding carboxylic acids is 1. The van der Waals surface area contributed by atoms with Gasteiger partial charge in [-0.05, 0) is 26.0 Å². The molecule has 0 N–H and O–H groups in total. The number of nitrogens with zero attached hydrogens (tertiary/aromatic N) is 6. The first kappa shape index (κ1) is 15.1. The van der Waals surface area contributed by atoms with Crippen molar-refractivity contribution in [3.05, 3.63) is 40.1 Å². The average molecular weight is 342 g/mol. The van der Waals surface area contributed by atoms with E-state index in [0.717, 1.165) is 40.1 Å². The lowest BCUT2D eigenvalue weighted by molar-refractivity contribution is 0.0751. The zero-order chi connectivity index (χ0) is 16.7. The van der Waals surface area contributed by atoms with Gasteiger partial charge in [-0.3, -0.25) is 9.78 Å². The lowest BCUT2D eigenvalue weighted by Gasteiger charge is -2.35. The summed E-state index contributed by atoms with van der Waals surface area (Å²) in [6, 6.07) is 3.91. The number of fused-ring (bicyclic) bond motifs is 1. The lowest BCUT2D eigenvalue weighted by Crippen LogP contribution is -2.49. The van der Waals surface area contributed by atoms with E-state index in [0.29, 0.717) is 13.1 Å². The first-order valence-corrected chi connectivity index (χ1v) is 8.71. The molecule has 0 spiro atoms. The van der Waals surface area contributed by atoms with Crippen LogP contribution in [0.3, 0.4) is 0 Å². The van der Waals surface area contributed by atoms with Crippen LogP contribution in [0.2, 0.25) is 0 Å². The van der Waals surface area contributed by atoms with Crippen LogP contribution in [0, 0.1) is 13.8 Å². The molecule has 3 aromatic heterocycles. The molecule has 0 radical (unpaired) electrons. The molecule has 7 nitrogen and oxygen atoms in total. The van der Waals surface area contributed by atoms with Crippen LogP contribution in [0.1, 0.15) is 20.4 Å². The number of carbonyl (C=O) groups is 1. The predicted octanol–water partition coefficient (Wildman–Crippen LogP) is 1.77. The molecule has 4 heterocycles. The summed E-state index contributed by atoms with van der Waals surface area (Å²) >= 11 is 1.55. The van der Waals surface area contributed by atoms with Gasteiger partial charge in [-0.25, -0.2) is 4.98 Å². The Bertz CT molecular complexity index is 893. The van der Waals surface area contributed by atoms with Crippen molar-refractivity contribution < 1.29 is 4.79 Å². The van der Waals surface area contributed by atoms with Crippen molar-refractivity contribution in [1.82, 2.24) is 24.5 Å². The highest BCUT2D eigenvalue weighted by Crippen LogP contribution is 2.20. The van der Waals surface area contributed by atoms with Crippen molar-refractivity contribution in [1.29, 1.82) is 0 Å². The Hall–Kier alpha value is -2.48. The Balaban J connectivity index is 1.50. The molecule has 4 rings (SSSR count). The van der Waals surface area contributed by atoms with Crippen LogP contribution < -0.4 is 4.90 Å². The van der Waals surface area contributed by atoms with Gasteiger partial charge < -0.3 is 9.80 Å². The third-order valence-electron chi connectivity index (χ3n) is 4.18. The molecule has 1 aliphatic rings. The standard InChI is InChI=1S/C16H18N6OS/c1-11-3-4-13(24-11)16(23)21-7-5-20(6-8-21)15-10-17-9-14-18-12(2)19-22(14)15/h3-4,9-10H,5-8H2,1-2H3. The number of anilines is 1. The fraction of sp³-hybridized carbons (Fsp3) is 0.375. The minimum absolute atomic E-state index is 0.126. The number of hydrogen-bond acceptors (Lipinski definition) is 6. The number of aryl methyl sites for hydroxylation is 2. The largest absolute Gasteiger partial charge is 0.352 e. The number of aromatic nitrogens is 4. The van der Waals surface area contributed by atoms with Gasteiger partial charge in [0, 0.05) is 31.1 Å². The maximum absolute atomic E-state index is 12.5. The predicted molar refractivity (Wildman–Crippen MR) is 92.7 cm³/mol. The van der Waals surface area contributed by atoms with Crippen molar-refractivity contribution in [3.8, 4) is 0 Å². The van der Waals surface area contributed by atoms with Crippen LogP contribution >= 0.6 is 11.3 Å². The number of piperazine rings is 1. The Kier molecular flexibility index (Phi) is 3.68. The number of amides is 1. The van der Waals surface area contributed by atoms with E-state index in [1.165, 1.54) is 0 Å². The molecule has 0 aliphatic carbocycles. The van der Waals surface area contributed by atoms with Gasteiger partial charge in [-0.15, -0.1) is 16.4 Å². The summed E-state index contributed by atoms with van der Waals surface area (Å²) < 4.78 is 1.82. The maximum atomic E-state index is 12.5. The van der Waals surface area contributed by atoms with Gasteiger partial charge in [-0.1, -0.05) is 0 Å². The minimum Gasteiger partial charge on any atom is -0.352 e. The zero-order valence-corrected chi connectivity index (χ0v) is 14.5. The lowest BCUT2D eigenvalue weighted by atomic mass is 10.3. The second-order valence-corrected chi connectivity index (χ2v) is 7.17. The highest BCUT2D eigenvalue weighted by atomic mass is 32.1. The topological polar surface area (TPSA) is 66.6 Å². The summed E-state index contributed by atoms with van der Waals surface area (Å²) in [5.74, 6) is 1.78. The molecule has 1 fully saturated rings. The van der Waals surface area contributed by atoms with Gasteiger partial charge in [0.2, 0.25) is 0 Å². The second kappa shape index (κ2) is 5.86. The van der Waals surface area contributed by atoms with E-state index in [4.69, 9.17) is 0 Å². The third-order valence-corrected chi connectivity index (χ3v) is 5.17. The SMILES string of the molecule is Cc1nc2cncc(N3CCN(C(=O)c4ccc(C)s4)CC3)n2n1. The summed E-state index contributed by atoms with van der Waals surface area (Å²) in [5, 5.41) is 4.44. The Morgan fingerprint density at radius 2 is 1.92 bits per heavy atom. The van der Waals surface area contributed by atoms with E-state index in [2.05, 4.69) is 20.0 Å². The number of thiophene rings is 1. The summed E-state index contributed by atoms with van der Waals surface area (Å²) in [6.07, 6.45) is 3.52. The zero-order valence-electron chi connectivity index (χ0n) is 13.6. The van der Waals surface area contributed by atoms with Crippen LogP contribution in [0.5, 0.6) is 0 Å². The summed E-state index contributed by atoms with van der Waals surface area (Å²) in [5.41, 5.74) is 0.748. The average Bonchev–Trinajstić information content (AvgIpc) is 3.18. The molecule has 1 saturated heterocycles. The van der Waals surface area contributed by atoms with E-state index in [9.17, 15) is 4.79 Å².